The molecule has 0 aliphatic carbocycles. The Balaban J connectivity index is 2.31. The summed E-state index contributed by atoms with van der Waals surface area (Å²) < 4.78 is 22.3. The molecular weight excluding hydrogens is 230 g/mol. The lowest BCUT2D eigenvalue weighted by Gasteiger charge is -2.13. The summed E-state index contributed by atoms with van der Waals surface area (Å²) in [6.45, 7) is 2.53. The van der Waals surface area contributed by atoms with E-state index in [2.05, 4.69) is 5.32 Å². The second-order valence-electron chi connectivity index (χ2n) is 4.46. The Hall–Kier alpha value is -0.620. The number of nitrogens with one attached hydrogen (secondary N) is 1. The molecule has 0 saturated carbocycles. The zero-order chi connectivity index (χ0) is 12.2. The molecule has 2 atom stereocenters. The van der Waals surface area contributed by atoms with Crippen LogP contribution in [0.4, 0.5) is 0 Å². The van der Waals surface area contributed by atoms with Crippen LogP contribution in [-0.4, -0.2) is 44.1 Å². The number of aliphatic hydroxyl groups is 1. The van der Waals surface area contributed by atoms with Crippen molar-refractivity contribution < 1.29 is 18.3 Å². The minimum Gasteiger partial charge on any atom is -0.396 e. The third kappa shape index (κ3) is 4.09. The number of carbonyl (C=O) groups is 1. The Morgan fingerprint density at radius 1 is 1.56 bits per heavy atom. The lowest BCUT2D eigenvalue weighted by atomic mass is 10.1. The molecule has 1 saturated heterocycles. The molecule has 5 nitrogen and oxygen atoms in total. The van der Waals surface area contributed by atoms with Gasteiger partial charge in [-0.25, -0.2) is 8.42 Å². The molecule has 1 heterocycles. The molecule has 1 fully saturated rings. The molecule has 94 valence electrons. The topological polar surface area (TPSA) is 83.5 Å². The molecule has 16 heavy (non-hydrogen) atoms. The van der Waals surface area contributed by atoms with Crippen molar-refractivity contribution in [2.75, 3.05) is 24.7 Å². The van der Waals surface area contributed by atoms with Crippen LogP contribution in [-0.2, 0) is 14.6 Å². The molecule has 2 N–H and O–H groups in total. The third-order valence-corrected chi connectivity index (χ3v) is 4.62. The Labute approximate surface area is 96.1 Å². The highest BCUT2D eigenvalue weighted by molar-refractivity contribution is 7.91. The molecule has 0 aromatic carbocycles. The van der Waals surface area contributed by atoms with E-state index in [0.717, 1.165) is 0 Å². The van der Waals surface area contributed by atoms with E-state index >= 15 is 0 Å². The Bertz CT molecular complexity index is 339. The van der Waals surface area contributed by atoms with E-state index in [9.17, 15) is 13.2 Å². The first-order valence-corrected chi connectivity index (χ1v) is 7.35. The van der Waals surface area contributed by atoms with E-state index in [4.69, 9.17) is 5.11 Å². The minimum atomic E-state index is -2.99. The van der Waals surface area contributed by atoms with Gasteiger partial charge in [-0.05, 0) is 18.8 Å². The highest BCUT2D eigenvalue weighted by Crippen LogP contribution is 2.18. The van der Waals surface area contributed by atoms with Crippen LogP contribution in [0.1, 0.15) is 19.8 Å². The lowest BCUT2D eigenvalue weighted by Crippen LogP contribution is -2.34. The number of aliphatic hydroxyl groups excluding tert-OH is 1. The first-order chi connectivity index (χ1) is 7.44. The fourth-order valence-electron chi connectivity index (χ4n) is 1.74. The van der Waals surface area contributed by atoms with Gasteiger partial charge in [0.1, 0.15) is 0 Å². The number of carbonyl (C=O) groups excluding carboxylic acids is 1. The van der Waals surface area contributed by atoms with Crippen LogP contribution in [0.2, 0.25) is 0 Å². The fourth-order valence-corrected chi connectivity index (χ4v) is 3.48. The first-order valence-electron chi connectivity index (χ1n) is 5.53. The Morgan fingerprint density at radius 3 is 2.75 bits per heavy atom. The molecule has 0 spiro atoms. The normalized spacial score (nSPS) is 25.2. The van der Waals surface area contributed by atoms with E-state index < -0.39 is 9.84 Å². The quantitative estimate of drug-likeness (QED) is 0.691. The van der Waals surface area contributed by atoms with Crippen molar-refractivity contribution in [3.63, 3.8) is 0 Å². The second kappa shape index (κ2) is 5.63. The summed E-state index contributed by atoms with van der Waals surface area (Å²) in [6.07, 6.45) is 1.08. The van der Waals surface area contributed by atoms with Crippen LogP contribution in [0.3, 0.4) is 0 Å². The van der Waals surface area contributed by atoms with Gasteiger partial charge in [0.2, 0.25) is 5.91 Å². The van der Waals surface area contributed by atoms with E-state index in [1.807, 2.05) is 6.92 Å². The van der Waals surface area contributed by atoms with Gasteiger partial charge in [0, 0.05) is 13.2 Å². The number of hydrogen-bond acceptors (Lipinski definition) is 4. The number of amides is 1. The highest BCUT2D eigenvalue weighted by atomic mass is 32.2. The van der Waals surface area contributed by atoms with Crippen molar-refractivity contribution in [2.45, 2.75) is 19.8 Å². The summed E-state index contributed by atoms with van der Waals surface area (Å²) in [5.74, 6) is -0.242. The molecule has 1 amide bonds. The number of sulfone groups is 1. The van der Waals surface area contributed by atoms with Crippen molar-refractivity contribution >= 4 is 15.7 Å². The van der Waals surface area contributed by atoms with Gasteiger partial charge in [-0.2, -0.15) is 0 Å². The Kier molecular flexibility index (Phi) is 4.73. The van der Waals surface area contributed by atoms with E-state index in [-0.39, 0.29) is 35.9 Å². The summed E-state index contributed by atoms with van der Waals surface area (Å²) in [4.78, 5) is 11.6. The van der Waals surface area contributed by atoms with Crippen LogP contribution >= 0.6 is 0 Å². The Morgan fingerprint density at radius 2 is 2.25 bits per heavy atom. The largest absolute Gasteiger partial charge is 0.396 e. The van der Waals surface area contributed by atoms with Gasteiger partial charge in [0.25, 0.3) is 0 Å². The summed E-state index contributed by atoms with van der Waals surface area (Å²) in [5, 5.41) is 11.4. The van der Waals surface area contributed by atoms with Gasteiger partial charge >= 0.3 is 0 Å². The molecular formula is C10H19NO4S. The maximum Gasteiger partial charge on any atom is 0.224 e. The second-order valence-corrected chi connectivity index (χ2v) is 6.69. The minimum absolute atomic E-state index is 0.0206. The lowest BCUT2D eigenvalue weighted by molar-refractivity contribution is -0.124. The van der Waals surface area contributed by atoms with Crippen molar-refractivity contribution in [1.29, 1.82) is 0 Å². The predicted molar refractivity (Wildman–Crippen MR) is 60.6 cm³/mol. The van der Waals surface area contributed by atoms with E-state index in [1.165, 1.54) is 0 Å². The van der Waals surface area contributed by atoms with Gasteiger partial charge < -0.3 is 10.4 Å². The van der Waals surface area contributed by atoms with Crippen LogP contribution < -0.4 is 5.32 Å². The summed E-state index contributed by atoms with van der Waals surface area (Å²) in [6, 6.07) is 0. The number of rotatable bonds is 5. The number of hydrogen-bond donors (Lipinski definition) is 2. The molecule has 1 rings (SSSR count). The summed E-state index contributed by atoms with van der Waals surface area (Å²) >= 11 is 0. The molecule has 1 aliphatic rings. The maximum atomic E-state index is 11.6. The zero-order valence-corrected chi connectivity index (χ0v) is 10.3. The van der Waals surface area contributed by atoms with Gasteiger partial charge in [-0.15, -0.1) is 0 Å². The smallest absolute Gasteiger partial charge is 0.224 e. The van der Waals surface area contributed by atoms with Crippen molar-refractivity contribution in [2.24, 2.45) is 11.8 Å². The molecule has 0 aromatic rings. The van der Waals surface area contributed by atoms with E-state index in [1.54, 1.807) is 0 Å². The van der Waals surface area contributed by atoms with Gasteiger partial charge in [0.05, 0.1) is 17.4 Å². The molecule has 0 radical (unpaired) electrons. The summed E-state index contributed by atoms with van der Waals surface area (Å²) in [7, 11) is -2.99. The zero-order valence-electron chi connectivity index (χ0n) is 9.48. The van der Waals surface area contributed by atoms with Crippen LogP contribution in [0.5, 0.6) is 0 Å². The van der Waals surface area contributed by atoms with Gasteiger partial charge in [-0.3, -0.25) is 4.79 Å². The van der Waals surface area contributed by atoms with Crippen molar-refractivity contribution in [3.05, 3.63) is 0 Å². The summed E-state index contributed by atoms with van der Waals surface area (Å²) in [5.41, 5.74) is 0. The van der Waals surface area contributed by atoms with Crippen molar-refractivity contribution in [3.8, 4) is 0 Å². The maximum absolute atomic E-state index is 11.6. The van der Waals surface area contributed by atoms with Crippen LogP contribution in [0, 0.1) is 11.8 Å². The fraction of sp³-hybridized carbons (Fsp3) is 0.900. The molecule has 0 aromatic heterocycles. The monoisotopic (exact) mass is 249 g/mol. The van der Waals surface area contributed by atoms with Crippen molar-refractivity contribution in [1.82, 2.24) is 5.32 Å². The average molecular weight is 249 g/mol. The van der Waals surface area contributed by atoms with Gasteiger partial charge in [-0.1, -0.05) is 6.92 Å². The first kappa shape index (κ1) is 13.4. The standard InChI is InChI=1S/C10H19NO4S/c1-8(2-4-12)6-11-10(13)9-3-5-16(14,15)7-9/h8-9,12H,2-7H2,1H3,(H,11,13). The van der Waals surface area contributed by atoms with Crippen LogP contribution in [0.25, 0.3) is 0 Å². The molecule has 1 aliphatic heterocycles. The third-order valence-electron chi connectivity index (χ3n) is 2.85. The van der Waals surface area contributed by atoms with E-state index in [0.29, 0.717) is 19.4 Å². The SMILES string of the molecule is CC(CCO)CNC(=O)C1CCS(=O)(=O)C1. The van der Waals surface area contributed by atoms with Gasteiger partial charge in [0.15, 0.2) is 9.84 Å². The highest BCUT2D eigenvalue weighted by Gasteiger charge is 2.32. The molecule has 2 unspecified atom stereocenters. The van der Waals surface area contributed by atoms with Crippen LogP contribution in [0.15, 0.2) is 0 Å². The predicted octanol–water partition coefficient (Wildman–Crippen LogP) is -0.444. The average Bonchev–Trinajstić information content (AvgIpc) is 2.56. The molecule has 0 bridgehead atoms. The molecule has 6 heteroatoms.